The maximum atomic E-state index is 12.0. The molecule has 0 spiro atoms. The van der Waals surface area contributed by atoms with E-state index < -0.39 is 0 Å². The van der Waals surface area contributed by atoms with Gasteiger partial charge in [-0.2, -0.15) is 5.10 Å². The first-order chi connectivity index (χ1) is 9.99. The van der Waals surface area contributed by atoms with Gasteiger partial charge in [0.25, 0.3) is 5.91 Å². The van der Waals surface area contributed by atoms with E-state index in [1.165, 1.54) is 0 Å². The molecule has 1 amide bonds. The minimum absolute atomic E-state index is 0.0120. The lowest BCUT2D eigenvalue weighted by molar-refractivity contribution is 0.0939. The topological polar surface area (TPSA) is 46.9 Å². The van der Waals surface area contributed by atoms with Crippen LogP contribution < -0.4 is 5.32 Å². The lowest BCUT2D eigenvalue weighted by Gasteiger charge is -2.11. The van der Waals surface area contributed by atoms with Crippen molar-refractivity contribution in [3.63, 3.8) is 0 Å². The van der Waals surface area contributed by atoms with Gasteiger partial charge in [0.15, 0.2) is 0 Å². The Balaban J connectivity index is 2.05. The van der Waals surface area contributed by atoms with Gasteiger partial charge in [-0.3, -0.25) is 9.48 Å². The second-order valence-corrected chi connectivity index (χ2v) is 5.56. The molecule has 0 fully saturated rings. The summed E-state index contributed by atoms with van der Waals surface area (Å²) in [4.78, 5) is 12.0. The Kier molecular flexibility index (Phi) is 4.78. The molecule has 0 aliphatic heterocycles. The monoisotopic (exact) mass is 285 g/mol. The van der Waals surface area contributed by atoms with E-state index in [-0.39, 0.29) is 11.9 Å². The van der Waals surface area contributed by atoms with Crippen LogP contribution in [0.15, 0.2) is 30.3 Å². The summed E-state index contributed by atoms with van der Waals surface area (Å²) in [6, 6.07) is 9.99. The second-order valence-electron chi connectivity index (χ2n) is 5.56. The number of carbonyl (C=O) groups excluding carboxylic acids is 1. The van der Waals surface area contributed by atoms with Gasteiger partial charge in [0.1, 0.15) is 0 Å². The second kappa shape index (κ2) is 6.57. The van der Waals surface area contributed by atoms with E-state index in [0.717, 1.165) is 29.9 Å². The Hall–Kier alpha value is -2.10. The summed E-state index contributed by atoms with van der Waals surface area (Å²) >= 11 is 0. The van der Waals surface area contributed by atoms with Gasteiger partial charge >= 0.3 is 0 Å². The van der Waals surface area contributed by atoms with Crippen molar-refractivity contribution in [1.82, 2.24) is 15.1 Å². The molecule has 1 aromatic carbocycles. The van der Waals surface area contributed by atoms with Gasteiger partial charge in [-0.15, -0.1) is 0 Å². The number of nitrogens with one attached hydrogen (secondary N) is 1. The van der Waals surface area contributed by atoms with Gasteiger partial charge in [0.2, 0.25) is 0 Å². The van der Waals surface area contributed by atoms with Crippen LogP contribution in [-0.2, 0) is 6.54 Å². The van der Waals surface area contributed by atoms with Gasteiger partial charge in [0.05, 0.1) is 12.2 Å². The molecule has 1 aromatic heterocycles. The fourth-order valence-electron chi connectivity index (χ4n) is 2.18. The summed E-state index contributed by atoms with van der Waals surface area (Å²) in [5, 5.41) is 7.42. The molecule has 0 saturated heterocycles. The van der Waals surface area contributed by atoms with E-state index in [9.17, 15) is 4.79 Å². The SMILES string of the molecule is CCC(C)NC(=O)c1ccc(Cn2nc(C)cc2C)cc1. The minimum atomic E-state index is -0.0120. The summed E-state index contributed by atoms with van der Waals surface area (Å²) in [6.45, 7) is 8.84. The van der Waals surface area contributed by atoms with Crippen LogP contribution in [-0.4, -0.2) is 21.7 Å². The van der Waals surface area contributed by atoms with Crippen molar-refractivity contribution in [2.24, 2.45) is 0 Å². The molecule has 0 aliphatic carbocycles. The molecule has 2 rings (SSSR count). The van der Waals surface area contributed by atoms with E-state index in [1.54, 1.807) is 0 Å². The molecule has 1 atom stereocenters. The summed E-state index contributed by atoms with van der Waals surface area (Å²) < 4.78 is 1.98. The van der Waals surface area contributed by atoms with E-state index in [2.05, 4.69) is 23.4 Å². The van der Waals surface area contributed by atoms with E-state index in [0.29, 0.717) is 5.56 Å². The zero-order valence-corrected chi connectivity index (χ0v) is 13.2. The highest BCUT2D eigenvalue weighted by atomic mass is 16.1. The molecule has 0 bridgehead atoms. The molecule has 2 aromatic rings. The number of amides is 1. The highest BCUT2D eigenvalue weighted by Crippen LogP contribution is 2.09. The van der Waals surface area contributed by atoms with E-state index >= 15 is 0 Å². The number of aromatic nitrogens is 2. The summed E-state index contributed by atoms with van der Waals surface area (Å²) in [5.74, 6) is -0.0120. The maximum absolute atomic E-state index is 12.0. The number of carbonyl (C=O) groups is 1. The quantitative estimate of drug-likeness (QED) is 0.917. The van der Waals surface area contributed by atoms with Crippen LogP contribution in [0.3, 0.4) is 0 Å². The van der Waals surface area contributed by atoms with Crippen molar-refractivity contribution >= 4 is 5.91 Å². The third kappa shape index (κ3) is 3.94. The van der Waals surface area contributed by atoms with Crippen LogP contribution in [0.4, 0.5) is 0 Å². The number of nitrogens with zero attached hydrogens (tertiary/aromatic N) is 2. The van der Waals surface area contributed by atoms with Crippen molar-refractivity contribution in [2.75, 3.05) is 0 Å². The van der Waals surface area contributed by atoms with Crippen LogP contribution in [0.25, 0.3) is 0 Å². The molecular weight excluding hydrogens is 262 g/mol. The first-order valence-electron chi connectivity index (χ1n) is 7.40. The highest BCUT2D eigenvalue weighted by Gasteiger charge is 2.08. The molecular formula is C17H23N3O. The lowest BCUT2D eigenvalue weighted by Crippen LogP contribution is -2.31. The van der Waals surface area contributed by atoms with Crippen LogP contribution in [0.1, 0.15) is 47.6 Å². The Morgan fingerprint density at radius 1 is 1.29 bits per heavy atom. The molecule has 1 N–H and O–H groups in total. The molecule has 0 saturated carbocycles. The summed E-state index contributed by atoms with van der Waals surface area (Å²) in [6.07, 6.45) is 0.932. The van der Waals surface area contributed by atoms with Crippen LogP contribution >= 0.6 is 0 Å². The molecule has 4 nitrogen and oxygen atoms in total. The lowest BCUT2D eigenvalue weighted by atomic mass is 10.1. The fraction of sp³-hybridized carbons (Fsp3) is 0.412. The number of benzene rings is 1. The largest absolute Gasteiger partial charge is 0.350 e. The Labute approximate surface area is 126 Å². The molecule has 0 radical (unpaired) electrons. The van der Waals surface area contributed by atoms with Crippen molar-refractivity contribution in [2.45, 2.75) is 46.7 Å². The molecule has 1 unspecified atom stereocenters. The predicted molar refractivity (Wildman–Crippen MR) is 84.5 cm³/mol. The third-order valence-corrected chi connectivity index (χ3v) is 3.64. The Morgan fingerprint density at radius 3 is 2.48 bits per heavy atom. The van der Waals surface area contributed by atoms with Gasteiger partial charge in [0, 0.05) is 17.3 Å². The first kappa shape index (κ1) is 15.3. The standard InChI is InChI=1S/C17H23N3O/c1-5-12(2)18-17(21)16-8-6-15(7-9-16)11-20-14(4)10-13(3)19-20/h6-10,12H,5,11H2,1-4H3,(H,18,21). The predicted octanol–water partition coefficient (Wildman–Crippen LogP) is 3.08. The number of hydrogen-bond acceptors (Lipinski definition) is 2. The third-order valence-electron chi connectivity index (χ3n) is 3.64. The Bertz CT molecular complexity index is 613. The number of rotatable bonds is 5. The smallest absolute Gasteiger partial charge is 0.251 e. The van der Waals surface area contributed by atoms with Crippen LogP contribution in [0.5, 0.6) is 0 Å². The first-order valence-corrected chi connectivity index (χ1v) is 7.40. The van der Waals surface area contributed by atoms with Gasteiger partial charge in [-0.25, -0.2) is 0 Å². The summed E-state index contributed by atoms with van der Waals surface area (Å²) in [7, 11) is 0. The zero-order chi connectivity index (χ0) is 15.4. The normalized spacial score (nSPS) is 12.2. The van der Waals surface area contributed by atoms with Crippen LogP contribution in [0.2, 0.25) is 0 Å². The molecule has 112 valence electrons. The highest BCUT2D eigenvalue weighted by molar-refractivity contribution is 5.94. The number of hydrogen-bond donors (Lipinski definition) is 1. The molecule has 4 heteroatoms. The van der Waals surface area contributed by atoms with Crippen molar-refractivity contribution < 1.29 is 4.79 Å². The Morgan fingerprint density at radius 2 is 1.95 bits per heavy atom. The van der Waals surface area contributed by atoms with E-state index in [4.69, 9.17) is 0 Å². The zero-order valence-electron chi connectivity index (χ0n) is 13.2. The molecule has 0 aliphatic rings. The fourth-order valence-corrected chi connectivity index (χ4v) is 2.18. The summed E-state index contributed by atoms with van der Waals surface area (Å²) in [5.41, 5.74) is 4.01. The van der Waals surface area contributed by atoms with Crippen molar-refractivity contribution in [3.05, 3.63) is 52.8 Å². The van der Waals surface area contributed by atoms with Crippen molar-refractivity contribution in [1.29, 1.82) is 0 Å². The van der Waals surface area contributed by atoms with Crippen molar-refractivity contribution in [3.8, 4) is 0 Å². The van der Waals surface area contributed by atoms with Gasteiger partial charge in [-0.1, -0.05) is 19.1 Å². The van der Waals surface area contributed by atoms with Gasteiger partial charge in [-0.05, 0) is 51.0 Å². The molecule has 21 heavy (non-hydrogen) atoms. The van der Waals surface area contributed by atoms with Crippen LogP contribution in [0, 0.1) is 13.8 Å². The van der Waals surface area contributed by atoms with E-state index in [1.807, 2.05) is 49.7 Å². The minimum Gasteiger partial charge on any atom is -0.350 e. The maximum Gasteiger partial charge on any atom is 0.251 e. The molecule has 1 heterocycles. The average Bonchev–Trinajstić information content (AvgIpc) is 2.77. The average molecular weight is 285 g/mol. The van der Waals surface area contributed by atoms with Gasteiger partial charge < -0.3 is 5.32 Å². The number of aryl methyl sites for hydroxylation is 2.